The molecule has 2 rings (SSSR count). The predicted octanol–water partition coefficient (Wildman–Crippen LogP) is 2.27. The molecule has 0 aliphatic heterocycles. The summed E-state index contributed by atoms with van der Waals surface area (Å²) in [4.78, 5) is 26.5. The number of nitrogens with one attached hydrogen (secondary N) is 1. The largest absolute Gasteiger partial charge is 0.496 e. The van der Waals surface area contributed by atoms with Crippen molar-refractivity contribution in [2.75, 3.05) is 14.2 Å². The number of carboxylic acid groups (broad SMARTS) is 1. The molecule has 6 heteroatoms. The fraction of sp³-hybridized carbons (Fsp3) is 0.200. The molecule has 21 heavy (non-hydrogen) atoms. The number of aromatic nitrogens is 1. The van der Waals surface area contributed by atoms with E-state index in [4.69, 9.17) is 14.6 Å². The van der Waals surface area contributed by atoms with E-state index in [0.29, 0.717) is 17.1 Å². The lowest BCUT2D eigenvalue weighted by Gasteiger charge is -2.11. The number of ether oxygens (including phenoxy) is 2. The lowest BCUT2D eigenvalue weighted by Crippen LogP contribution is -2.09. The first-order valence-electron chi connectivity index (χ1n) is 6.18. The Morgan fingerprint density at radius 1 is 1.14 bits per heavy atom. The van der Waals surface area contributed by atoms with Gasteiger partial charge in [-0.15, -0.1) is 0 Å². The second-order valence-electron chi connectivity index (χ2n) is 4.37. The molecule has 0 saturated carbocycles. The van der Waals surface area contributed by atoms with Crippen molar-refractivity contribution in [3.05, 3.63) is 46.8 Å². The van der Waals surface area contributed by atoms with Gasteiger partial charge >= 0.3 is 5.97 Å². The van der Waals surface area contributed by atoms with Gasteiger partial charge in [-0.1, -0.05) is 6.07 Å². The van der Waals surface area contributed by atoms with Gasteiger partial charge in [0.25, 0.3) is 0 Å². The van der Waals surface area contributed by atoms with Gasteiger partial charge in [-0.05, 0) is 24.6 Å². The van der Waals surface area contributed by atoms with Gasteiger partial charge in [0.2, 0.25) is 5.78 Å². The molecule has 0 saturated heterocycles. The van der Waals surface area contributed by atoms with Crippen LogP contribution < -0.4 is 9.47 Å². The molecule has 0 aliphatic rings. The number of rotatable bonds is 5. The first-order valence-corrected chi connectivity index (χ1v) is 6.18. The minimum Gasteiger partial charge on any atom is -0.496 e. The molecule has 0 spiro atoms. The second kappa shape index (κ2) is 5.70. The lowest BCUT2D eigenvalue weighted by atomic mass is 10.0. The molecule has 2 aromatic rings. The van der Waals surface area contributed by atoms with Crippen molar-refractivity contribution >= 4 is 11.8 Å². The number of aromatic amines is 1. The summed E-state index contributed by atoms with van der Waals surface area (Å²) >= 11 is 0. The van der Waals surface area contributed by atoms with Gasteiger partial charge in [0.1, 0.15) is 17.1 Å². The average Bonchev–Trinajstić information content (AvgIpc) is 2.87. The number of methoxy groups -OCH3 is 2. The summed E-state index contributed by atoms with van der Waals surface area (Å²) in [5.74, 6) is -0.737. The molecule has 0 radical (unpaired) electrons. The number of carboxylic acids is 1. The summed E-state index contributed by atoms with van der Waals surface area (Å²) < 4.78 is 10.4. The van der Waals surface area contributed by atoms with Gasteiger partial charge in [-0.2, -0.15) is 0 Å². The van der Waals surface area contributed by atoms with Crippen molar-refractivity contribution < 1.29 is 24.2 Å². The molecule has 0 fully saturated rings. The molecule has 110 valence electrons. The first kappa shape index (κ1) is 14.6. The van der Waals surface area contributed by atoms with Crippen LogP contribution in [0.5, 0.6) is 11.5 Å². The minimum absolute atomic E-state index is 0.0622. The van der Waals surface area contributed by atoms with E-state index in [1.807, 2.05) is 0 Å². The summed E-state index contributed by atoms with van der Waals surface area (Å²) in [6.07, 6.45) is 1.30. The summed E-state index contributed by atoms with van der Waals surface area (Å²) in [5.41, 5.74) is 0.896. The number of carbonyl (C=O) groups is 2. The third-order valence-corrected chi connectivity index (χ3v) is 3.25. The number of hydrogen-bond acceptors (Lipinski definition) is 4. The van der Waals surface area contributed by atoms with Gasteiger partial charge in [0.15, 0.2) is 0 Å². The molecular formula is C15H15NO5. The van der Waals surface area contributed by atoms with Crippen LogP contribution in [0.4, 0.5) is 0 Å². The summed E-state index contributed by atoms with van der Waals surface area (Å²) in [6.45, 7) is 1.58. The van der Waals surface area contributed by atoms with Gasteiger partial charge in [0, 0.05) is 6.20 Å². The number of H-pyrrole nitrogens is 1. The molecule has 0 aliphatic carbocycles. The van der Waals surface area contributed by atoms with E-state index < -0.39 is 5.97 Å². The molecule has 1 heterocycles. The van der Waals surface area contributed by atoms with Gasteiger partial charge in [-0.3, -0.25) is 4.79 Å². The van der Waals surface area contributed by atoms with E-state index in [2.05, 4.69) is 4.98 Å². The zero-order valence-electron chi connectivity index (χ0n) is 11.9. The summed E-state index contributed by atoms with van der Waals surface area (Å²) in [6, 6.07) is 5.00. The topological polar surface area (TPSA) is 88.6 Å². The number of benzene rings is 1. The smallest absolute Gasteiger partial charge is 0.337 e. The van der Waals surface area contributed by atoms with Crippen LogP contribution in [0.1, 0.15) is 32.0 Å². The SMILES string of the molecule is COc1cccc(OC)c1C(=O)c1[nH]cc(C(=O)O)c1C. The zero-order chi connectivity index (χ0) is 15.6. The third-order valence-electron chi connectivity index (χ3n) is 3.25. The second-order valence-corrected chi connectivity index (χ2v) is 4.37. The van der Waals surface area contributed by atoms with E-state index in [9.17, 15) is 9.59 Å². The Kier molecular flexibility index (Phi) is 3.98. The Morgan fingerprint density at radius 2 is 1.71 bits per heavy atom. The van der Waals surface area contributed by atoms with E-state index in [0.717, 1.165) is 0 Å². The quantitative estimate of drug-likeness (QED) is 0.824. The molecular weight excluding hydrogens is 274 g/mol. The van der Waals surface area contributed by atoms with Crippen molar-refractivity contribution in [3.8, 4) is 11.5 Å². The first-order chi connectivity index (χ1) is 10.0. The molecule has 1 aromatic heterocycles. The van der Waals surface area contributed by atoms with Gasteiger partial charge in [0.05, 0.1) is 25.5 Å². The minimum atomic E-state index is -1.09. The molecule has 0 unspecified atom stereocenters. The highest BCUT2D eigenvalue weighted by molar-refractivity contribution is 6.13. The normalized spacial score (nSPS) is 10.2. The predicted molar refractivity (Wildman–Crippen MR) is 75.5 cm³/mol. The monoisotopic (exact) mass is 289 g/mol. The third kappa shape index (κ3) is 2.47. The summed E-state index contributed by atoms with van der Waals surface area (Å²) in [7, 11) is 2.91. The molecule has 0 bridgehead atoms. The highest BCUT2D eigenvalue weighted by Crippen LogP contribution is 2.31. The zero-order valence-corrected chi connectivity index (χ0v) is 11.9. The molecule has 2 N–H and O–H groups in total. The highest BCUT2D eigenvalue weighted by atomic mass is 16.5. The Morgan fingerprint density at radius 3 is 2.14 bits per heavy atom. The average molecular weight is 289 g/mol. The Bertz CT molecular complexity index is 680. The van der Waals surface area contributed by atoms with Crippen molar-refractivity contribution in [1.82, 2.24) is 4.98 Å². The Balaban J connectivity index is 2.57. The number of aromatic carboxylic acids is 1. The van der Waals surface area contributed by atoms with Crippen LogP contribution in [-0.2, 0) is 0 Å². The van der Waals surface area contributed by atoms with E-state index in [1.165, 1.54) is 20.4 Å². The van der Waals surface area contributed by atoms with Crippen molar-refractivity contribution in [2.24, 2.45) is 0 Å². The molecule has 1 aromatic carbocycles. The van der Waals surface area contributed by atoms with Crippen molar-refractivity contribution in [3.63, 3.8) is 0 Å². The van der Waals surface area contributed by atoms with Gasteiger partial charge in [-0.25, -0.2) is 4.79 Å². The number of hydrogen-bond donors (Lipinski definition) is 2. The maximum atomic E-state index is 12.7. The lowest BCUT2D eigenvalue weighted by molar-refractivity contribution is 0.0696. The van der Waals surface area contributed by atoms with Crippen LogP contribution in [-0.4, -0.2) is 36.1 Å². The highest BCUT2D eigenvalue weighted by Gasteiger charge is 2.24. The maximum Gasteiger partial charge on any atom is 0.337 e. The van der Waals surface area contributed by atoms with Crippen LogP contribution in [0.15, 0.2) is 24.4 Å². The van der Waals surface area contributed by atoms with Crippen LogP contribution in [0.3, 0.4) is 0 Å². The van der Waals surface area contributed by atoms with Crippen LogP contribution in [0.25, 0.3) is 0 Å². The number of carbonyl (C=O) groups excluding carboxylic acids is 1. The molecule has 0 atom stereocenters. The fourth-order valence-corrected chi connectivity index (χ4v) is 2.15. The van der Waals surface area contributed by atoms with Crippen LogP contribution in [0.2, 0.25) is 0 Å². The van der Waals surface area contributed by atoms with E-state index >= 15 is 0 Å². The summed E-state index contributed by atoms with van der Waals surface area (Å²) in [5, 5.41) is 9.05. The standard InChI is InChI=1S/C15H15NO5/c1-8-9(15(18)19)7-16-13(8)14(17)12-10(20-2)5-4-6-11(12)21-3/h4-7,16H,1-3H3,(H,18,19). The van der Waals surface area contributed by atoms with Crippen LogP contribution in [0, 0.1) is 6.92 Å². The van der Waals surface area contributed by atoms with Gasteiger partial charge < -0.3 is 19.6 Å². The number of ketones is 1. The molecule has 0 amide bonds. The fourth-order valence-electron chi connectivity index (χ4n) is 2.15. The van der Waals surface area contributed by atoms with Crippen molar-refractivity contribution in [1.29, 1.82) is 0 Å². The maximum absolute atomic E-state index is 12.7. The van der Waals surface area contributed by atoms with E-state index in [1.54, 1.807) is 25.1 Å². The molecule has 6 nitrogen and oxygen atoms in total. The van der Waals surface area contributed by atoms with Crippen LogP contribution >= 0.6 is 0 Å². The Hall–Kier alpha value is -2.76. The van der Waals surface area contributed by atoms with E-state index in [-0.39, 0.29) is 22.6 Å². The Labute approximate surface area is 121 Å². The van der Waals surface area contributed by atoms with Crippen molar-refractivity contribution in [2.45, 2.75) is 6.92 Å².